The molecule has 2 saturated heterocycles. The number of hydrogen-bond donors (Lipinski definition) is 0. The van der Waals surface area contributed by atoms with Crippen molar-refractivity contribution in [1.82, 2.24) is 4.90 Å². The second-order valence-electron chi connectivity index (χ2n) is 7.29. The van der Waals surface area contributed by atoms with E-state index in [0.717, 1.165) is 46.2 Å². The van der Waals surface area contributed by atoms with Crippen LogP contribution in [0.1, 0.15) is 22.5 Å². The third kappa shape index (κ3) is 3.50. The van der Waals surface area contributed by atoms with Crippen molar-refractivity contribution in [2.45, 2.75) is 19.1 Å². The molecule has 0 N–H and O–H groups in total. The molecule has 148 valence electrons. The van der Waals surface area contributed by atoms with Crippen molar-refractivity contribution in [2.75, 3.05) is 39.5 Å². The second kappa shape index (κ2) is 7.73. The third-order valence-corrected chi connectivity index (χ3v) is 6.54. The zero-order valence-electron chi connectivity index (χ0n) is 15.6. The van der Waals surface area contributed by atoms with Gasteiger partial charge in [0, 0.05) is 23.9 Å². The van der Waals surface area contributed by atoms with Gasteiger partial charge in [0.2, 0.25) is 0 Å². The molecule has 0 bridgehead atoms. The van der Waals surface area contributed by atoms with E-state index in [0.29, 0.717) is 33.0 Å². The number of amides is 1. The van der Waals surface area contributed by atoms with Crippen LogP contribution in [0.4, 0.5) is 0 Å². The lowest BCUT2D eigenvalue weighted by atomic mass is 9.97. The van der Waals surface area contributed by atoms with Crippen LogP contribution in [0.2, 0.25) is 0 Å². The zero-order valence-corrected chi connectivity index (χ0v) is 16.4. The summed E-state index contributed by atoms with van der Waals surface area (Å²) < 4.78 is 22.6. The average Bonchev–Trinajstić information content (AvgIpc) is 3.45. The van der Waals surface area contributed by atoms with E-state index in [1.54, 1.807) is 0 Å². The lowest BCUT2D eigenvalue weighted by molar-refractivity contribution is -0.0968. The Morgan fingerprint density at radius 3 is 2.68 bits per heavy atom. The number of likely N-dealkylation sites (tertiary alicyclic amines) is 1. The maximum atomic E-state index is 13.0. The van der Waals surface area contributed by atoms with Crippen molar-refractivity contribution in [1.29, 1.82) is 0 Å². The smallest absolute Gasteiger partial charge is 0.263 e. The minimum absolute atomic E-state index is 0.0940. The molecule has 4 heterocycles. The van der Waals surface area contributed by atoms with Crippen LogP contribution >= 0.6 is 11.3 Å². The standard InChI is InChI=1S/C21H23NO5S/c23-20(22-7-1-2-15(13-22)21-26-10-11-27-21)19-6-5-18(28-19)14-3-4-16-17(12-14)25-9-8-24-16/h3-6,12,15,21H,1-2,7-11,13H2. The van der Waals surface area contributed by atoms with Crippen LogP contribution in [0.25, 0.3) is 10.4 Å². The molecule has 2 fully saturated rings. The van der Waals surface area contributed by atoms with Crippen LogP contribution in [-0.2, 0) is 9.47 Å². The number of fused-ring (bicyclic) bond motifs is 1. The van der Waals surface area contributed by atoms with Crippen molar-refractivity contribution in [3.05, 3.63) is 35.2 Å². The Morgan fingerprint density at radius 2 is 1.82 bits per heavy atom. The molecule has 1 aromatic heterocycles. The highest BCUT2D eigenvalue weighted by Gasteiger charge is 2.33. The van der Waals surface area contributed by atoms with Crippen LogP contribution in [-0.4, -0.2) is 56.6 Å². The molecule has 0 radical (unpaired) electrons. The number of hydrogen-bond acceptors (Lipinski definition) is 6. The largest absolute Gasteiger partial charge is 0.486 e. The SMILES string of the molecule is O=C(c1ccc(-c2ccc3c(c2)OCCO3)s1)N1CCCC(C2OCCO2)C1. The predicted octanol–water partition coefficient (Wildman–Crippen LogP) is 3.41. The van der Waals surface area contributed by atoms with Gasteiger partial charge in [-0.3, -0.25) is 4.79 Å². The van der Waals surface area contributed by atoms with Gasteiger partial charge < -0.3 is 23.8 Å². The molecule has 5 rings (SSSR count). The van der Waals surface area contributed by atoms with Gasteiger partial charge >= 0.3 is 0 Å². The molecule has 2 aromatic rings. The molecule has 6 nitrogen and oxygen atoms in total. The van der Waals surface area contributed by atoms with E-state index in [4.69, 9.17) is 18.9 Å². The van der Waals surface area contributed by atoms with Crippen molar-refractivity contribution in [3.8, 4) is 21.9 Å². The molecule has 7 heteroatoms. The number of nitrogens with zero attached hydrogens (tertiary/aromatic N) is 1. The second-order valence-corrected chi connectivity index (χ2v) is 8.37. The Bertz CT molecular complexity index is 860. The number of rotatable bonds is 3. The van der Waals surface area contributed by atoms with E-state index in [1.807, 2.05) is 35.2 Å². The fourth-order valence-electron chi connectivity index (χ4n) is 4.03. The summed E-state index contributed by atoms with van der Waals surface area (Å²) in [5.74, 6) is 1.90. The van der Waals surface area contributed by atoms with E-state index in [1.165, 1.54) is 11.3 Å². The van der Waals surface area contributed by atoms with Gasteiger partial charge in [0.05, 0.1) is 18.1 Å². The van der Waals surface area contributed by atoms with Gasteiger partial charge in [-0.05, 0) is 48.7 Å². The van der Waals surface area contributed by atoms with Gasteiger partial charge in [0.25, 0.3) is 5.91 Å². The maximum Gasteiger partial charge on any atom is 0.263 e. The Kier molecular flexibility index (Phi) is 4.96. The number of piperidine rings is 1. The Morgan fingerprint density at radius 1 is 1.00 bits per heavy atom. The number of benzene rings is 1. The molecule has 0 saturated carbocycles. The minimum Gasteiger partial charge on any atom is -0.486 e. The molecule has 1 unspecified atom stereocenters. The molecular weight excluding hydrogens is 378 g/mol. The summed E-state index contributed by atoms with van der Waals surface area (Å²) in [5, 5.41) is 0. The minimum atomic E-state index is -0.160. The quantitative estimate of drug-likeness (QED) is 0.789. The zero-order chi connectivity index (χ0) is 18.9. The molecule has 0 aliphatic carbocycles. The number of carbonyl (C=O) groups excluding carboxylic acids is 1. The Hall–Kier alpha value is -2.09. The summed E-state index contributed by atoms with van der Waals surface area (Å²) >= 11 is 1.52. The number of ether oxygens (including phenoxy) is 4. The first-order valence-electron chi connectivity index (χ1n) is 9.80. The normalized spacial score (nSPS) is 22.4. The van der Waals surface area contributed by atoms with Crippen LogP contribution < -0.4 is 9.47 Å². The molecule has 28 heavy (non-hydrogen) atoms. The van der Waals surface area contributed by atoms with E-state index in [9.17, 15) is 4.79 Å². The third-order valence-electron chi connectivity index (χ3n) is 5.42. The highest BCUT2D eigenvalue weighted by molar-refractivity contribution is 7.17. The number of carbonyl (C=O) groups is 1. The summed E-state index contributed by atoms with van der Waals surface area (Å²) in [6.07, 6.45) is 1.87. The lowest BCUT2D eigenvalue weighted by Gasteiger charge is -2.34. The van der Waals surface area contributed by atoms with Crippen LogP contribution in [0, 0.1) is 5.92 Å². The van der Waals surface area contributed by atoms with Crippen molar-refractivity contribution >= 4 is 17.2 Å². The summed E-state index contributed by atoms with van der Waals surface area (Å²) in [6.45, 7) is 3.94. The first-order valence-corrected chi connectivity index (χ1v) is 10.6. The van der Waals surface area contributed by atoms with Gasteiger partial charge in [-0.2, -0.15) is 0 Å². The van der Waals surface area contributed by atoms with Crippen LogP contribution in [0.3, 0.4) is 0 Å². The molecular formula is C21H23NO5S. The maximum absolute atomic E-state index is 13.0. The van der Waals surface area contributed by atoms with Crippen LogP contribution in [0.5, 0.6) is 11.5 Å². The first kappa shape index (κ1) is 18.0. The van der Waals surface area contributed by atoms with Crippen molar-refractivity contribution in [3.63, 3.8) is 0 Å². The topological polar surface area (TPSA) is 57.2 Å². The summed E-state index contributed by atoms with van der Waals surface area (Å²) in [7, 11) is 0. The lowest BCUT2D eigenvalue weighted by Crippen LogP contribution is -2.43. The van der Waals surface area contributed by atoms with Gasteiger partial charge in [0.15, 0.2) is 17.8 Å². The van der Waals surface area contributed by atoms with Crippen molar-refractivity contribution < 1.29 is 23.7 Å². The van der Waals surface area contributed by atoms with E-state index in [2.05, 4.69) is 0 Å². The Labute approximate surface area is 168 Å². The highest BCUT2D eigenvalue weighted by Crippen LogP contribution is 2.37. The number of thiophene rings is 1. The molecule has 1 atom stereocenters. The highest BCUT2D eigenvalue weighted by atomic mass is 32.1. The molecule has 1 aromatic carbocycles. The van der Waals surface area contributed by atoms with Gasteiger partial charge in [0.1, 0.15) is 13.2 Å². The predicted molar refractivity (Wildman–Crippen MR) is 105 cm³/mol. The summed E-state index contributed by atoms with van der Waals surface area (Å²) in [6, 6.07) is 9.86. The van der Waals surface area contributed by atoms with Crippen LogP contribution in [0.15, 0.2) is 30.3 Å². The molecule has 1 amide bonds. The molecule has 0 spiro atoms. The molecule has 3 aliphatic heterocycles. The van der Waals surface area contributed by atoms with Crippen molar-refractivity contribution in [2.24, 2.45) is 5.92 Å². The molecule has 3 aliphatic rings. The Balaban J connectivity index is 1.30. The fraction of sp³-hybridized carbons (Fsp3) is 0.476. The van der Waals surface area contributed by atoms with Gasteiger partial charge in [-0.25, -0.2) is 0 Å². The van der Waals surface area contributed by atoms with Gasteiger partial charge in [-0.1, -0.05) is 0 Å². The monoisotopic (exact) mass is 401 g/mol. The van der Waals surface area contributed by atoms with Gasteiger partial charge in [-0.15, -0.1) is 11.3 Å². The first-order chi connectivity index (χ1) is 13.8. The fourth-order valence-corrected chi connectivity index (χ4v) is 5.00. The average molecular weight is 401 g/mol. The van der Waals surface area contributed by atoms with E-state index >= 15 is 0 Å². The summed E-state index contributed by atoms with van der Waals surface area (Å²) in [4.78, 5) is 16.8. The summed E-state index contributed by atoms with van der Waals surface area (Å²) in [5.41, 5.74) is 1.04. The van der Waals surface area contributed by atoms with E-state index in [-0.39, 0.29) is 18.1 Å². The van der Waals surface area contributed by atoms with E-state index < -0.39 is 0 Å².